The Hall–Kier alpha value is -4.17. The summed E-state index contributed by atoms with van der Waals surface area (Å²) in [5, 5.41) is 4.01. The van der Waals surface area contributed by atoms with E-state index in [1.807, 2.05) is 42.3 Å². The van der Waals surface area contributed by atoms with Gasteiger partial charge in [0.2, 0.25) is 5.91 Å². The lowest BCUT2D eigenvalue weighted by atomic mass is 10.1. The highest BCUT2D eigenvalue weighted by Gasteiger charge is 2.17. The molecule has 38 heavy (non-hydrogen) atoms. The van der Waals surface area contributed by atoms with Gasteiger partial charge in [-0.05, 0) is 45.2 Å². The summed E-state index contributed by atoms with van der Waals surface area (Å²) in [6.07, 6.45) is 5.45. The molecular weight excluding hydrogens is 476 g/mol. The van der Waals surface area contributed by atoms with Gasteiger partial charge in [-0.2, -0.15) is 0 Å². The first-order valence-electron chi connectivity index (χ1n) is 14.0. The second-order valence-corrected chi connectivity index (χ2v) is 9.10. The zero-order chi connectivity index (χ0) is 29.7. The third kappa shape index (κ3) is 5.86. The van der Waals surface area contributed by atoms with Crippen molar-refractivity contribution < 1.29 is 13.6 Å². The number of hydrogen-bond donors (Lipinski definition) is 1. The van der Waals surface area contributed by atoms with E-state index < -0.39 is 6.98 Å². The van der Waals surface area contributed by atoms with Crippen LogP contribution in [0.15, 0.2) is 67.5 Å². The average molecular weight is 516 g/mol. The van der Waals surface area contributed by atoms with Crippen molar-refractivity contribution in [3.63, 3.8) is 0 Å². The van der Waals surface area contributed by atoms with Crippen LogP contribution >= 0.6 is 0 Å². The minimum absolute atomic E-state index is 0.293. The summed E-state index contributed by atoms with van der Waals surface area (Å²) in [4.78, 5) is 24.9. The number of carbonyl (C=O) groups is 1. The van der Waals surface area contributed by atoms with Crippen molar-refractivity contribution >= 4 is 28.2 Å². The van der Waals surface area contributed by atoms with E-state index in [9.17, 15) is 4.79 Å². The quantitative estimate of drug-likeness (QED) is 0.288. The highest BCUT2D eigenvalue weighted by molar-refractivity contribution is 6.01. The lowest BCUT2D eigenvalue weighted by Gasteiger charge is -2.25. The number of nitrogens with one attached hydrogen (secondary N) is 1. The second kappa shape index (κ2) is 11.9. The second-order valence-electron chi connectivity index (χ2n) is 9.10. The van der Waals surface area contributed by atoms with Crippen LogP contribution in [0.3, 0.4) is 0 Å². The van der Waals surface area contributed by atoms with Gasteiger partial charge in [-0.1, -0.05) is 24.8 Å². The number of hydrogen-bond acceptors (Lipinski definition) is 6. The van der Waals surface area contributed by atoms with E-state index in [1.165, 1.54) is 11.0 Å². The molecular formula is C30H36N6O2. The maximum Gasteiger partial charge on any atom is 0.247 e. The summed E-state index contributed by atoms with van der Waals surface area (Å²) < 4.78 is 30.8. The predicted octanol–water partition coefficient (Wildman–Crippen LogP) is 4.84. The van der Waals surface area contributed by atoms with Gasteiger partial charge in [-0.15, -0.1) is 0 Å². The van der Waals surface area contributed by atoms with Gasteiger partial charge in [0.25, 0.3) is 0 Å². The van der Waals surface area contributed by atoms with Crippen molar-refractivity contribution in [3.05, 3.63) is 78.9 Å². The van der Waals surface area contributed by atoms with Gasteiger partial charge in [-0.3, -0.25) is 4.79 Å². The number of methoxy groups -OCH3 is 1. The molecule has 8 nitrogen and oxygen atoms in total. The van der Waals surface area contributed by atoms with E-state index in [-0.39, 0.29) is 5.91 Å². The molecule has 4 rings (SSSR count). The Kier molecular flexibility index (Phi) is 7.21. The Morgan fingerprint density at radius 2 is 2.05 bits per heavy atom. The fraction of sp³-hybridized carbons (Fsp3) is 0.300. The van der Waals surface area contributed by atoms with Crippen LogP contribution in [-0.2, 0) is 17.8 Å². The normalized spacial score (nSPS) is 12.6. The van der Waals surface area contributed by atoms with Gasteiger partial charge in [-0.25, -0.2) is 9.97 Å². The van der Waals surface area contributed by atoms with Gasteiger partial charge in [0, 0.05) is 77.7 Å². The molecule has 0 spiro atoms. The van der Waals surface area contributed by atoms with Crippen LogP contribution in [0.25, 0.3) is 22.2 Å². The number of aromatic nitrogens is 3. The first kappa shape index (κ1) is 23.0. The van der Waals surface area contributed by atoms with Crippen LogP contribution in [0.4, 0.5) is 11.4 Å². The van der Waals surface area contributed by atoms with Crippen LogP contribution in [-0.4, -0.2) is 66.6 Å². The van der Waals surface area contributed by atoms with Gasteiger partial charge in [0.05, 0.1) is 24.2 Å². The van der Waals surface area contributed by atoms with Gasteiger partial charge >= 0.3 is 0 Å². The smallest absolute Gasteiger partial charge is 0.247 e. The fourth-order valence-corrected chi connectivity index (χ4v) is 4.48. The predicted molar refractivity (Wildman–Crippen MR) is 155 cm³/mol. The van der Waals surface area contributed by atoms with Crippen molar-refractivity contribution in [2.75, 3.05) is 51.5 Å². The maximum absolute atomic E-state index is 12.3. The minimum Gasteiger partial charge on any atom is -0.496 e. The van der Waals surface area contributed by atoms with Crippen LogP contribution in [0, 0.1) is 0 Å². The summed E-state index contributed by atoms with van der Waals surface area (Å²) >= 11 is 0. The van der Waals surface area contributed by atoms with Crippen molar-refractivity contribution in [3.8, 4) is 17.0 Å². The van der Waals surface area contributed by atoms with Crippen LogP contribution in [0.5, 0.6) is 5.75 Å². The Labute approximate surface area is 228 Å². The summed E-state index contributed by atoms with van der Waals surface area (Å²) in [5.74, 6) is 0.848. The molecule has 0 fully saturated rings. The van der Waals surface area contributed by atoms with Gasteiger partial charge in [0.15, 0.2) is 0 Å². The van der Waals surface area contributed by atoms with Gasteiger partial charge in [0.1, 0.15) is 11.6 Å². The Morgan fingerprint density at radius 1 is 1.24 bits per heavy atom. The summed E-state index contributed by atoms with van der Waals surface area (Å²) in [6.45, 7) is 5.04. The van der Waals surface area contributed by atoms with Crippen molar-refractivity contribution in [1.29, 1.82) is 0 Å². The standard InChI is InChI=1S/C30H36N6O2/c1-7-30(37)33-25-17-21(28(38-6)19-27(25)35(5)16-15-34(3)4)18-29-31-14-13-24(32-29)23-20-36(8-2)26-12-10-9-11-22(23)26/h7,9-14,17,19-20H,1,8,15-16,18H2,2-6H3,(H,33,37)/i3D3. The fourth-order valence-electron chi connectivity index (χ4n) is 4.48. The Morgan fingerprint density at radius 3 is 2.79 bits per heavy atom. The monoisotopic (exact) mass is 515 g/mol. The minimum atomic E-state index is -2.19. The molecule has 2 heterocycles. The molecule has 1 N–H and O–H groups in total. The van der Waals surface area contributed by atoms with Crippen LogP contribution in [0.2, 0.25) is 0 Å². The third-order valence-corrected chi connectivity index (χ3v) is 6.48. The summed E-state index contributed by atoms with van der Waals surface area (Å²) in [5.41, 5.74) is 5.04. The number of aryl methyl sites for hydroxylation is 1. The Bertz CT molecular complexity index is 1550. The van der Waals surface area contributed by atoms with E-state index in [4.69, 9.17) is 13.8 Å². The van der Waals surface area contributed by atoms with E-state index in [0.717, 1.165) is 34.3 Å². The molecule has 2 aromatic carbocycles. The van der Waals surface area contributed by atoms with E-state index >= 15 is 0 Å². The van der Waals surface area contributed by atoms with E-state index in [2.05, 4.69) is 46.7 Å². The van der Waals surface area contributed by atoms with Gasteiger partial charge < -0.3 is 24.4 Å². The highest BCUT2D eigenvalue weighted by atomic mass is 16.5. The van der Waals surface area contributed by atoms with Crippen molar-refractivity contribution in [1.82, 2.24) is 19.4 Å². The number of ether oxygens (including phenoxy) is 1. The molecule has 0 atom stereocenters. The number of likely N-dealkylation sites (N-methyl/N-ethyl adjacent to an activating group) is 2. The van der Waals surface area contributed by atoms with Crippen molar-refractivity contribution in [2.24, 2.45) is 0 Å². The molecule has 0 bridgehead atoms. The Balaban J connectivity index is 1.68. The number of benzene rings is 2. The van der Waals surface area contributed by atoms with E-state index in [0.29, 0.717) is 42.5 Å². The molecule has 0 saturated carbocycles. The topological polar surface area (TPSA) is 75.5 Å². The third-order valence-electron chi connectivity index (χ3n) is 6.48. The number of rotatable bonds is 11. The first-order valence-corrected chi connectivity index (χ1v) is 12.5. The number of nitrogens with zero attached hydrogens (tertiary/aromatic N) is 5. The molecule has 0 aliphatic rings. The molecule has 0 saturated heterocycles. The lowest BCUT2D eigenvalue weighted by molar-refractivity contribution is -0.111. The van der Waals surface area contributed by atoms with Crippen LogP contribution < -0.4 is 15.0 Å². The molecule has 0 unspecified atom stereocenters. The lowest BCUT2D eigenvalue weighted by Crippen LogP contribution is -2.29. The highest BCUT2D eigenvalue weighted by Crippen LogP contribution is 2.35. The van der Waals surface area contributed by atoms with Crippen molar-refractivity contribution in [2.45, 2.75) is 19.9 Å². The molecule has 0 radical (unpaired) electrons. The number of para-hydroxylation sites is 1. The number of carbonyl (C=O) groups excluding carboxylic acids is 1. The molecule has 2 aromatic heterocycles. The molecule has 1 amide bonds. The average Bonchev–Trinajstić information content (AvgIpc) is 3.34. The maximum atomic E-state index is 12.3. The number of anilines is 2. The molecule has 8 heteroatoms. The SMILES string of the molecule is [2H]C([2H])([2H])N(C)CCN(C)c1cc(OC)c(Cc2nccc(-c3cn(CC)c4ccccc34)n2)cc1NC(=O)C=C. The molecule has 198 valence electrons. The molecule has 0 aliphatic heterocycles. The summed E-state index contributed by atoms with van der Waals surface area (Å²) in [6, 6.07) is 13.9. The largest absolute Gasteiger partial charge is 0.496 e. The zero-order valence-electron chi connectivity index (χ0n) is 25.4. The number of fused-ring (bicyclic) bond motifs is 1. The van der Waals surface area contributed by atoms with Crippen LogP contribution in [0.1, 0.15) is 22.4 Å². The molecule has 4 aromatic rings. The van der Waals surface area contributed by atoms with E-state index in [1.54, 1.807) is 20.4 Å². The summed E-state index contributed by atoms with van der Waals surface area (Å²) in [7, 11) is 4.98. The molecule has 0 aliphatic carbocycles. The number of amides is 1. The first-order chi connectivity index (χ1) is 19.5. The zero-order valence-corrected chi connectivity index (χ0v) is 22.4.